The molecule has 0 spiro atoms. The lowest BCUT2D eigenvalue weighted by atomic mass is 9.85. The maximum absolute atomic E-state index is 12.8. The minimum atomic E-state index is -3.37. The molecule has 3 atom stereocenters. The van der Waals surface area contributed by atoms with Gasteiger partial charge in [-0.05, 0) is 31.2 Å². The van der Waals surface area contributed by atoms with E-state index in [4.69, 9.17) is 0 Å². The molecule has 1 aromatic rings. The molecule has 1 aliphatic carbocycles. The van der Waals surface area contributed by atoms with E-state index in [0.717, 1.165) is 43.3 Å². The largest absolute Gasteiger partial charge is 0.480 e. The second kappa shape index (κ2) is 5.90. The Morgan fingerprint density at radius 3 is 2.61 bits per heavy atom. The van der Waals surface area contributed by atoms with E-state index in [2.05, 4.69) is 0 Å². The average Bonchev–Trinajstić information content (AvgIpc) is 3.11. The van der Waals surface area contributed by atoms with Crippen molar-refractivity contribution in [1.29, 1.82) is 0 Å². The highest BCUT2D eigenvalue weighted by Crippen LogP contribution is 2.41. The van der Waals surface area contributed by atoms with E-state index in [1.54, 1.807) is 0 Å². The number of aliphatic carboxylic acids is 1. The van der Waals surface area contributed by atoms with Gasteiger partial charge >= 0.3 is 5.97 Å². The van der Waals surface area contributed by atoms with Gasteiger partial charge in [0, 0.05) is 17.7 Å². The molecule has 2 fully saturated rings. The van der Waals surface area contributed by atoms with Crippen molar-refractivity contribution in [2.45, 2.75) is 49.1 Å². The van der Waals surface area contributed by atoms with Gasteiger partial charge in [-0.1, -0.05) is 12.8 Å². The summed E-state index contributed by atoms with van der Waals surface area (Å²) in [6, 6.07) is 0.512. The smallest absolute Gasteiger partial charge is 0.326 e. The lowest BCUT2D eigenvalue weighted by Gasteiger charge is -2.32. The minimum absolute atomic E-state index is 0.0406. The van der Waals surface area contributed by atoms with E-state index in [1.165, 1.54) is 16.3 Å². The van der Waals surface area contributed by atoms with Crippen LogP contribution in [0.15, 0.2) is 16.3 Å². The third kappa shape index (κ3) is 3.01. The maximum Gasteiger partial charge on any atom is 0.326 e. The van der Waals surface area contributed by atoms with Crippen molar-refractivity contribution in [3.05, 3.63) is 16.3 Å². The molecule has 8 heteroatoms. The number of sulfone groups is 1. The summed E-state index contributed by atoms with van der Waals surface area (Å²) in [5.41, 5.74) is 0. The van der Waals surface area contributed by atoms with Gasteiger partial charge in [-0.2, -0.15) is 0 Å². The summed E-state index contributed by atoms with van der Waals surface area (Å²) in [6.07, 6.45) is 5.44. The van der Waals surface area contributed by atoms with E-state index >= 15 is 0 Å². The van der Waals surface area contributed by atoms with Crippen LogP contribution in [0.25, 0.3) is 0 Å². The first-order valence-corrected chi connectivity index (χ1v) is 10.4. The van der Waals surface area contributed by atoms with Crippen LogP contribution < -0.4 is 0 Å². The van der Waals surface area contributed by atoms with Gasteiger partial charge in [0.1, 0.15) is 6.04 Å². The molecule has 6 nitrogen and oxygen atoms in total. The van der Waals surface area contributed by atoms with Crippen LogP contribution in [0, 0.1) is 5.92 Å². The van der Waals surface area contributed by atoms with Gasteiger partial charge in [0.25, 0.3) is 5.91 Å². The van der Waals surface area contributed by atoms with E-state index in [9.17, 15) is 23.1 Å². The minimum Gasteiger partial charge on any atom is -0.480 e. The van der Waals surface area contributed by atoms with Crippen LogP contribution in [0.4, 0.5) is 0 Å². The highest BCUT2D eigenvalue weighted by Gasteiger charge is 2.47. The molecule has 1 aromatic heterocycles. The summed E-state index contributed by atoms with van der Waals surface area (Å²) in [5.74, 6) is -1.09. The number of carbonyl (C=O) groups is 2. The number of carbonyl (C=O) groups excluding carboxylic acids is 1. The normalized spacial score (nSPS) is 27.7. The van der Waals surface area contributed by atoms with Crippen LogP contribution in [0.5, 0.6) is 0 Å². The zero-order chi connectivity index (χ0) is 16.8. The first-order valence-electron chi connectivity index (χ1n) is 7.63. The summed E-state index contributed by atoms with van der Waals surface area (Å²) < 4.78 is 23.2. The second-order valence-electron chi connectivity index (χ2n) is 6.33. The Morgan fingerprint density at radius 2 is 2.00 bits per heavy atom. The van der Waals surface area contributed by atoms with E-state index in [0.29, 0.717) is 11.3 Å². The summed E-state index contributed by atoms with van der Waals surface area (Å²) in [5, 5.41) is 10.9. The standard InChI is InChI=1S/C15H19NO5S2/c1-23(20,21)10-7-13(22-8-10)14(17)16-11-5-3-2-4-9(11)6-12(16)15(18)19/h7-9,11-12H,2-6H2,1H3,(H,18,19). The first kappa shape index (κ1) is 16.4. The second-order valence-corrected chi connectivity index (χ2v) is 9.26. The number of carboxylic acids is 1. The number of thiophene rings is 1. The Kier molecular flexibility index (Phi) is 4.22. The number of fused-ring (bicyclic) bond motifs is 1. The molecule has 3 rings (SSSR count). The van der Waals surface area contributed by atoms with Gasteiger partial charge in [-0.3, -0.25) is 4.79 Å². The zero-order valence-corrected chi connectivity index (χ0v) is 14.4. The molecule has 0 bridgehead atoms. The van der Waals surface area contributed by atoms with Crippen LogP contribution in [0.1, 0.15) is 41.8 Å². The third-order valence-corrected chi connectivity index (χ3v) is 6.98. The van der Waals surface area contributed by atoms with Crippen molar-refractivity contribution in [1.82, 2.24) is 4.90 Å². The van der Waals surface area contributed by atoms with Crippen molar-refractivity contribution in [3.63, 3.8) is 0 Å². The number of hydrogen-bond donors (Lipinski definition) is 1. The fourth-order valence-electron chi connectivity index (χ4n) is 3.73. The fourth-order valence-corrected chi connectivity index (χ4v) is 5.69. The quantitative estimate of drug-likeness (QED) is 0.893. The number of carboxylic acid groups (broad SMARTS) is 1. The van der Waals surface area contributed by atoms with Crippen molar-refractivity contribution in [2.75, 3.05) is 6.26 Å². The van der Waals surface area contributed by atoms with Gasteiger partial charge in [0.05, 0.1) is 9.77 Å². The summed E-state index contributed by atoms with van der Waals surface area (Å²) in [4.78, 5) is 26.3. The van der Waals surface area contributed by atoms with Gasteiger partial charge in [-0.25, -0.2) is 13.2 Å². The molecule has 126 valence electrons. The average molecular weight is 357 g/mol. The van der Waals surface area contributed by atoms with Crippen molar-refractivity contribution in [3.8, 4) is 0 Å². The Balaban J connectivity index is 1.92. The molecular weight excluding hydrogens is 338 g/mol. The molecule has 1 saturated heterocycles. The molecule has 1 saturated carbocycles. The predicted molar refractivity (Wildman–Crippen MR) is 85.4 cm³/mol. The predicted octanol–water partition coefficient (Wildman–Crippen LogP) is 2.01. The summed E-state index contributed by atoms with van der Waals surface area (Å²) in [6.45, 7) is 0. The van der Waals surface area contributed by atoms with Crippen LogP contribution in [-0.2, 0) is 14.6 Å². The van der Waals surface area contributed by atoms with E-state index in [1.807, 2.05) is 0 Å². The van der Waals surface area contributed by atoms with Crippen molar-refractivity contribution >= 4 is 33.1 Å². The number of nitrogens with zero attached hydrogens (tertiary/aromatic N) is 1. The highest BCUT2D eigenvalue weighted by atomic mass is 32.2. The maximum atomic E-state index is 12.8. The lowest BCUT2D eigenvalue weighted by Crippen LogP contribution is -2.46. The Bertz CT molecular complexity index is 739. The molecule has 3 unspecified atom stereocenters. The van der Waals surface area contributed by atoms with Gasteiger partial charge in [0.2, 0.25) is 0 Å². The van der Waals surface area contributed by atoms with Crippen molar-refractivity contribution < 1.29 is 23.1 Å². The van der Waals surface area contributed by atoms with Gasteiger partial charge in [0.15, 0.2) is 9.84 Å². The summed E-state index contributed by atoms with van der Waals surface area (Å²) >= 11 is 1.06. The zero-order valence-electron chi connectivity index (χ0n) is 12.8. The van der Waals surface area contributed by atoms with Crippen LogP contribution in [-0.4, -0.2) is 48.6 Å². The van der Waals surface area contributed by atoms with Crippen molar-refractivity contribution in [2.24, 2.45) is 5.92 Å². The molecule has 2 heterocycles. The topological polar surface area (TPSA) is 91.8 Å². The Hall–Kier alpha value is -1.41. The molecule has 1 amide bonds. The Morgan fingerprint density at radius 1 is 1.30 bits per heavy atom. The monoisotopic (exact) mass is 357 g/mol. The van der Waals surface area contributed by atoms with Crippen LogP contribution in [0.3, 0.4) is 0 Å². The Labute approximate surface area is 139 Å². The van der Waals surface area contributed by atoms with Crippen LogP contribution in [0.2, 0.25) is 0 Å². The van der Waals surface area contributed by atoms with Crippen LogP contribution >= 0.6 is 11.3 Å². The number of amides is 1. The van der Waals surface area contributed by atoms with Gasteiger partial charge < -0.3 is 10.0 Å². The number of rotatable bonds is 3. The molecule has 2 aliphatic rings. The fraction of sp³-hybridized carbons (Fsp3) is 0.600. The molecular formula is C15H19NO5S2. The molecule has 0 radical (unpaired) electrons. The first-order chi connectivity index (χ1) is 10.8. The lowest BCUT2D eigenvalue weighted by molar-refractivity contribution is -0.141. The number of hydrogen-bond acceptors (Lipinski definition) is 5. The molecule has 1 aliphatic heterocycles. The molecule has 0 aromatic carbocycles. The third-order valence-electron chi connectivity index (χ3n) is 4.82. The SMILES string of the molecule is CS(=O)(=O)c1csc(C(=O)N2C(C(=O)O)CC3CCCCC32)c1. The molecule has 1 N–H and O–H groups in total. The van der Waals surface area contributed by atoms with E-state index in [-0.39, 0.29) is 22.8 Å². The van der Waals surface area contributed by atoms with Gasteiger partial charge in [-0.15, -0.1) is 11.3 Å². The van der Waals surface area contributed by atoms with E-state index < -0.39 is 21.8 Å². The highest BCUT2D eigenvalue weighted by molar-refractivity contribution is 7.90. The number of likely N-dealkylation sites (tertiary alicyclic amines) is 1. The summed E-state index contributed by atoms with van der Waals surface area (Å²) in [7, 11) is -3.37. The molecule has 23 heavy (non-hydrogen) atoms.